The van der Waals surface area contributed by atoms with Gasteiger partial charge in [0.25, 0.3) is 0 Å². The summed E-state index contributed by atoms with van der Waals surface area (Å²) in [5.41, 5.74) is 17.5. The second kappa shape index (κ2) is 40.6. The molecular weight excluding hydrogens is 768 g/mol. The van der Waals surface area contributed by atoms with Crippen molar-refractivity contribution in [1.29, 1.82) is 0 Å². The molecule has 4 aliphatic carbocycles. The average Bonchev–Trinajstić information content (AvgIpc) is 3.19. The van der Waals surface area contributed by atoms with E-state index in [9.17, 15) is 0 Å². The molecule has 0 heterocycles. The third-order valence-electron chi connectivity index (χ3n) is 16.0. The van der Waals surface area contributed by atoms with Crippen molar-refractivity contribution in [2.45, 2.75) is 293 Å². The van der Waals surface area contributed by atoms with E-state index in [4.69, 9.17) is 0 Å². The standard InChI is InChI=1S/2C12H18.4C8H16.7CH4.B/c2*1-7-8(2)10(4)12(6)11(5)9(7)3;4*1-7-3-5-8(2)6-4-7;;;;;;;;/h2*1-6H3;4*7-8H,3-6H2,1-2H3;7*1H4;. The van der Waals surface area contributed by atoms with Crippen LogP contribution in [0.4, 0.5) is 0 Å². The van der Waals surface area contributed by atoms with Crippen molar-refractivity contribution in [2.24, 2.45) is 47.3 Å². The van der Waals surface area contributed by atoms with Gasteiger partial charge in [-0.1, -0.05) is 210 Å². The highest BCUT2D eigenvalue weighted by atomic mass is 14.2. The molecule has 4 aliphatic rings. The Morgan fingerprint density at radius 2 is 0.219 bits per heavy atom. The maximum Gasteiger partial charge on any atom is 0 e. The Kier molecular flexibility index (Phi) is 50.4. The topological polar surface area (TPSA) is 0 Å². The maximum atomic E-state index is 2.37. The van der Waals surface area contributed by atoms with Crippen LogP contribution in [0.15, 0.2) is 0 Å². The molecular formula is C63H128B. The highest BCUT2D eigenvalue weighted by molar-refractivity contribution is 5.75. The number of rotatable bonds is 0. The Labute approximate surface area is 413 Å². The molecule has 0 N–H and O–H groups in total. The molecule has 0 amide bonds. The van der Waals surface area contributed by atoms with Gasteiger partial charge in [0.05, 0.1) is 0 Å². The molecule has 2 aromatic carbocycles. The van der Waals surface area contributed by atoms with Crippen LogP contribution in [0.2, 0.25) is 0 Å². The van der Waals surface area contributed by atoms with Gasteiger partial charge in [-0.05, 0) is 197 Å². The first-order valence-electron chi connectivity index (χ1n) is 24.2. The van der Waals surface area contributed by atoms with Gasteiger partial charge >= 0.3 is 0 Å². The fraction of sp³-hybridized carbons (Fsp3) is 0.810. The molecule has 4 fully saturated rings. The predicted octanol–water partition coefficient (Wildman–Crippen LogP) is 22.5. The van der Waals surface area contributed by atoms with E-state index in [1.807, 2.05) is 0 Å². The molecule has 0 spiro atoms. The molecule has 0 aliphatic heterocycles. The van der Waals surface area contributed by atoms with Gasteiger partial charge in [-0.25, -0.2) is 0 Å². The lowest BCUT2D eigenvalue weighted by Crippen LogP contribution is -2.08. The van der Waals surface area contributed by atoms with E-state index in [1.165, 1.54) is 169 Å². The number of benzene rings is 2. The molecule has 64 heavy (non-hydrogen) atoms. The molecule has 1 heteroatoms. The van der Waals surface area contributed by atoms with Crippen LogP contribution in [-0.2, 0) is 0 Å². The van der Waals surface area contributed by atoms with Gasteiger partial charge in [-0.15, -0.1) is 0 Å². The first-order valence-corrected chi connectivity index (χ1v) is 24.2. The summed E-state index contributed by atoms with van der Waals surface area (Å²) in [5.74, 6) is 8.16. The molecule has 0 aromatic heterocycles. The monoisotopic (exact) mass is 896 g/mol. The Balaban J connectivity index is -0.0000000964. The van der Waals surface area contributed by atoms with Crippen LogP contribution in [-0.4, -0.2) is 8.41 Å². The minimum Gasteiger partial charge on any atom is -0.0776 e. The van der Waals surface area contributed by atoms with Gasteiger partial charge < -0.3 is 0 Å². The molecule has 0 atom stereocenters. The van der Waals surface area contributed by atoms with Crippen LogP contribution in [0.5, 0.6) is 0 Å². The van der Waals surface area contributed by atoms with E-state index in [0.717, 1.165) is 47.3 Å². The van der Waals surface area contributed by atoms with E-state index >= 15 is 0 Å². The summed E-state index contributed by atoms with van der Waals surface area (Å²) >= 11 is 0. The zero-order valence-corrected chi connectivity index (χ0v) is 42.5. The minimum absolute atomic E-state index is 0. The summed E-state index contributed by atoms with van der Waals surface area (Å²) in [4.78, 5) is 0. The first-order chi connectivity index (χ1) is 26.1. The second-order valence-corrected chi connectivity index (χ2v) is 21.0. The highest BCUT2D eigenvalue weighted by Gasteiger charge is 2.16. The second-order valence-electron chi connectivity index (χ2n) is 21.0. The van der Waals surface area contributed by atoms with Gasteiger partial charge in [0.1, 0.15) is 0 Å². The Morgan fingerprint density at radius 3 is 0.266 bits per heavy atom. The van der Waals surface area contributed by atoms with Crippen LogP contribution in [0, 0.1) is 130 Å². The molecule has 0 bridgehead atoms. The van der Waals surface area contributed by atoms with E-state index in [1.54, 1.807) is 0 Å². The Morgan fingerprint density at radius 1 is 0.172 bits per heavy atom. The molecule has 3 radical (unpaired) electrons. The Hall–Kier alpha value is -1.50. The Bertz CT molecular complexity index is 982. The summed E-state index contributed by atoms with van der Waals surface area (Å²) in [6.07, 6.45) is 23.6. The van der Waals surface area contributed by atoms with Crippen LogP contribution in [0.1, 0.15) is 277 Å². The summed E-state index contributed by atoms with van der Waals surface area (Å²) < 4.78 is 0. The van der Waals surface area contributed by atoms with Crippen LogP contribution in [0.3, 0.4) is 0 Å². The van der Waals surface area contributed by atoms with Crippen LogP contribution >= 0.6 is 0 Å². The maximum absolute atomic E-state index is 2.37. The van der Waals surface area contributed by atoms with Gasteiger partial charge in [0, 0.05) is 8.41 Å². The van der Waals surface area contributed by atoms with Crippen molar-refractivity contribution in [2.75, 3.05) is 0 Å². The van der Waals surface area contributed by atoms with Crippen molar-refractivity contribution in [3.8, 4) is 0 Å². The lowest BCUT2D eigenvalue weighted by molar-refractivity contribution is 0.308. The van der Waals surface area contributed by atoms with Gasteiger partial charge in [-0.2, -0.15) is 0 Å². The van der Waals surface area contributed by atoms with Crippen molar-refractivity contribution in [1.82, 2.24) is 0 Å². The summed E-state index contributed by atoms with van der Waals surface area (Å²) in [6, 6.07) is 0. The number of hydrogen-bond acceptors (Lipinski definition) is 0. The highest BCUT2D eigenvalue weighted by Crippen LogP contribution is 2.30. The first kappa shape index (κ1) is 79.6. The zero-order valence-electron chi connectivity index (χ0n) is 42.5. The summed E-state index contributed by atoms with van der Waals surface area (Å²) in [6.45, 7) is 45.5. The van der Waals surface area contributed by atoms with Gasteiger partial charge in [-0.3, -0.25) is 0 Å². The lowest BCUT2D eigenvalue weighted by atomic mass is 9.84. The third-order valence-corrected chi connectivity index (χ3v) is 16.0. The molecule has 0 saturated heterocycles. The van der Waals surface area contributed by atoms with Crippen molar-refractivity contribution >= 4 is 8.41 Å². The van der Waals surface area contributed by atoms with Gasteiger partial charge in [0.2, 0.25) is 0 Å². The zero-order chi connectivity index (χ0) is 42.9. The van der Waals surface area contributed by atoms with Gasteiger partial charge in [0.15, 0.2) is 0 Å². The quantitative estimate of drug-likeness (QED) is 0.231. The minimum atomic E-state index is 0. The van der Waals surface area contributed by atoms with Crippen molar-refractivity contribution in [3.05, 3.63) is 66.8 Å². The summed E-state index contributed by atoms with van der Waals surface area (Å²) in [7, 11) is 0. The van der Waals surface area contributed by atoms with E-state index in [0.29, 0.717) is 0 Å². The third kappa shape index (κ3) is 28.6. The van der Waals surface area contributed by atoms with E-state index in [-0.39, 0.29) is 60.4 Å². The molecule has 6 rings (SSSR count). The van der Waals surface area contributed by atoms with Crippen molar-refractivity contribution < 1.29 is 0 Å². The normalized spacial score (nSPS) is 23.8. The average molecular weight is 897 g/mol. The fourth-order valence-electron chi connectivity index (χ4n) is 9.08. The number of hydrogen-bond donors (Lipinski definition) is 0. The van der Waals surface area contributed by atoms with E-state index in [2.05, 4.69) is 138 Å². The fourth-order valence-corrected chi connectivity index (χ4v) is 9.08. The van der Waals surface area contributed by atoms with E-state index < -0.39 is 0 Å². The molecule has 0 unspecified atom stereocenters. The SMILES string of the molecule is C.C.C.C.C.C.C.CC1CCC(C)CC1.CC1CCC(C)CC1.CC1CCC(C)CC1.CC1CCC(C)CC1.Cc1c(C)c(C)c(C)c(C)c1C.Cc1c(C)c(C)c(C)c(C)c1C.[B]. The summed E-state index contributed by atoms with van der Waals surface area (Å²) in [5, 5.41) is 0. The predicted molar refractivity (Wildman–Crippen MR) is 310 cm³/mol. The molecule has 0 nitrogen and oxygen atoms in total. The van der Waals surface area contributed by atoms with Crippen molar-refractivity contribution in [3.63, 3.8) is 0 Å². The smallest absolute Gasteiger partial charge is 0 e. The molecule has 383 valence electrons. The lowest BCUT2D eigenvalue weighted by Gasteiger charge is -2.22. The molecule has 4 saturated carbocycles. The largest absolute Gasteiger partial charge is 0.0776 e. The molecule has 2 aromatic rings. The van der Waals surface area contributed by atoms with Crippen LogP contribution < -0.4 is 0 Å². The van der Waals surface area contributed by atoms with Crippen LogP contribution in [0.25, 0.3) is 0 Å².